The lowest BCUT2D eigenvalue weighted by molar-refractivity contribution is -0.122. The zero-order valence-electron chi connectivity index (χ0n) is 11.1. The van der Waals surface area contributed by atoms with E-state index in [1.807, 2.05) is 0 Å². The van der Waals surface area contributed by atoms with Crippen LogP contribution in [0.25, 0.3) is 0 Å². The molecule has 0 radical (unpaired) electrons. The van der Waals surface area contributed by atoms with Crippen LogP contribution in [-0.4, -0.2) is 10.9 Å². The number of halogens is 3. The maximum atomic E-state index is 13.5. The highest BCUT2D eigenvalue weighted by Crippen LogP contribution is 2.30. The average molecular weight is 304 g/mol. The van der Waals surface area contributed by atoms with Gasteiger partial charge in [0.15, 0.2) is 11.6 Å². The normalized spacial score (nSPS) is 11.2. The minimum Gasteiger partial charge on any atom is -0.392 e. The smallest absolute Gasteiger partial charge is 0.237 e. The van der Waals surface area contributed by atoms with E-state index in [-0.39, 0.29) is 4.99 Å². The van der Waals surface area contributed by atoms with E-state index < -0.39 is 34.5 Å². The van der Waals surface area contributed by atoms with E-state index in [0.717, 1.165) is 0 Å². The molecule has 110 valence electrons. The molecule has 20 heavy (non-hydrogen) atoms. The van der Waals surface area contributed by atoms with Crippen molar-refractivity contribution in [2.45, 2.75) is 26.7 Å². The summed E-state index contributed by atoms with van der Waals surface area (Å²) in [4.78, 5) is 12.2. The molecule has 1 rings (SSSR count). The SMILES string of the molecule is CCC(CC)(C(=O)Nc1cc(F)cc(F)c1F)C(N)=S. The third-order valence-electron chi connectivity index (χ3n) is 3.35. The Morgan fingerprint density at radius 1 is 1.30 bits per heavy atom. The first-order chi connectivity index (χ1) is 9.28. The summed E-state index contributed by atoms with van der Waals surface area (Å²) in [5.41, 5.74) is 3.82. The minimum atomic E-state index is -1.38. The Balaban J connectivity index is 3.15. The van der Waals surface area contributed by atoms with Crippen LogP contribution in [0.1, 0.15) is 26.7 Å². The number of carbonyl (C=O) groups excluding carboxylic acids is 1. The molecule has 0 aliphatic heterocycles. The molecular formula is C13H15F3N2OS. The number of amides is 1. The summed E-state index contributed by atoms with van der Waals surface area (Å²) in [6.07, 6.45) is 0.591. The van der Waals surface area contributed by atoms with Gasteiger partial charge in [0, 0.05) is 12.1 Å². The van der Waals surface area contributed by atoms with Gasteiger partial charge in [-0.2, -0.15) is 0 Å². The summed E-state index contributed by atoms with van der Waals surface area (Å²) < 4.78 is 39.7. The number of nitrogens with one attached hydrogen (secondary N) is 1. The summed E-state index contributed by atoms with van der Waals surface area (Å²) in [6, 6.07) is 1.09. The van der Waals surface area contributed by atoms with E-state index in [9.17, 15) is 18.0 Å². The Morgan fingerprint density at radius 3 is 2.30 bits per heavy atom. The van der Waals surface area contributed by atoms with Crippen LogP contribution in [0.5, 0.6) is 0 Å². The maximum absolute atomic E-state index is 13.5. The first-order valence-corrected chi connectivity index (χ1v) is 6.45. The van der Waals surface area contributed by atoms with Gasteiger partial charge in [0.2, 0.25) is 5.91 Å². The highest BCUT2D eigenvalue weighted by molar-refractivity contribution is 7.80. The van der Waals surface area contributed by atoms with Crippen molar-refractivity contribution < 1.29 is 18.0 Å². The van der Waals surface area contributed by atoms with Gasteiger partial charge in [-0.15, -0.1) is 0 Å². The molecule has 0 heterocycles. The van der Waals surface area contributed by atoms with Crippen molar-refractivity contribution in [1.29, 1.82) is 0 Å². The van der Waals surface area contributed by atoms with Crippen LogP contribution < -0.4 is 11.1 Å². The molecule has 0 saturated heterocycles. The van der Waals surface area contributed by atoms with Crippen LogP contribution in [0, 0.1) is 22.9 Å². The van der Waals surface area contributed by atoms with Crippen LogP contribution in [0.3, 0.4) is 0 Å². The fraction of sp³-hybridized carbons (Fsp3) is 0.385. The van der Waals surface area contributed by atoms with Crippen LogP contribution >= 0.6 is 12.2 Å². The lowest BCUT2D eigenvalue weighted by atomic mass is 9.81. The summed E-state index contributed by atoms with van der Waals surface area (Å²) in [6.45, 7) is 3.40. The third-order valence-corrected chi connectivity index (χ3v) is 3.75. The number of thiocarbonyl (C=S) groups is 1. The van der Waals surface area contributed by atoms with Crippen LogP contribution in [-0.2, 0) is 4.79 Å². The molecule has 0 unspecified atom stereocenters. The molecule has 3 N–H and O–H groups in total. The topological polar surface area (TPSA) is 55.1 Å². The molecule has 1 aromatic carbocycles. The van der Waals surface area contributed by atoms with E-state index in [1.54, 1.807) is 13.8 Å². The zero-order valence-corrected chi connectivity index (χ0v) is 11.9. The molecule has 0 bridgehead atoms. The number of hydrogen-bond acceptors (Lipinski definition) is 2. The first-order valence-electron chi connectivity index (χ1n) is 6.04. The van der Waals surface area contributed by atoms with Crippen molar-refractivity contribution in [1.82, 2.24) is 0 Å². The first kappa shape index (κ1) is 16.4. The highest BCUT2D eigenvalue weighted by Gasteiger charge is 2.38. The fourth-order valence-electron chi connectivity index (χ4n) is 1.92. The van der Waals surface area contributed by atoms with Crippen molar-refractivity contribution in [3.8, 4) is 0 Å². The van der Waals surface area contributed by atoms with Gasteiger partial charge >= 0.3 is 0 Å². The molecule has 3 nitrogen and oxygen atoms in total. The minimum absolute atomic E-state index is 0.0442. The Kier molecular flexibility index (Phi) is 5.10. The number of nitrogens with two attached hydrogens (primary N) is 1. The van der Waals surface area contributed by atoms with Gasteiger partial charge in [-0.25, -0.2) is 13.2 Å². The lowest BCUT2D eigenvalue weighted by Gasteiger charge is -2.29. The number of carbonyl (C=O) groups is 1. The summed E-state index contributed by atoms with van der Waals surface area (Å²) in [5.74, 6) is -4.38. The molecule has 1 aromatic rings. The summed E-state index contributed by atoms with van der Waals surface area (Å²) in [5, 5.41) is 2.15. The van der Waals surface area contributed by atoms with E-state index in [1.165, 1.54) is 0 Å². The Bertz CT molecular complexity index is 545. The predicted molar refractivity (Wildman–Crippen MR) is 74.7 cm³/mol. The molecule has 1 amide bonds. The number of rotatable bonds is 5. The van der Waals surface area contributed by atoms with Crippen LogP contribution in [0.4, 0.5) is 18.9 Å². The largest absolute Gasteiger partial charge is 0.392 e. The van der Waals surface area contributed by atoms with Gasteiger partial charge in [-0.05, 0) is 12.8 Å². The molecule has 0 aliphatic rings. The molecule has 7 heteroatoms. The zero-order chi connectivity index (χ0) is 15.5. The standard InChI is InChI=1S/C13H15F3N2OS/c1-3-13(4-2,11(17)20)12(19)18-9-6-7(14)5-8(15)10(9)16/h5-6H,3-4H2,1-2H3,(H2,17,20)(H,18,19). The van der Waals surface area contributed by atoms with E-state index in [0.29, 0.717) is 25.0 Å². The van der Waals surface area contributed by atoms with Crippen LogP contribution in [0.2, 0.25) is 0 Å². The Hall–Kier alpha value is -1.63. The molecular weight excluding hydrogens is 289 g/mol. The van der Waals surface area contributed by atoms with Gasteiger partial charge in [0.25, 0.3) is 0 Å². The molecule has 0 saturated carbocycles. The summed E-state index contributed by atoms with van der Waals surface area (Å²) >= 11 is 4.88. The second-order valence-corrected chi connectivity index (χ2v) is 4.80. The summed E-state index contributed by atoms with van der Waals surface area (Å²) in [7, 11) is 0. The predicted octanol–water partition coefficient (Wildman–Crippen LogP) is 3.13. The third kappa shape index (κ3) is 2.92. The second kappa shape index (κ2) is 6.21. The molecule has 0 aliphatic carbocycles. The van der Waals surface area contributed by atoms with E-state index in [4.69, 9.17) is 18.0 Å². The monoisotopic (exact) mass is 304 g/mol. The molecule has 0 atom stereocenters. The van der Waals surface area contributed by atoms with Crippen LogP contribution in [0.15, 0.2) is 12.1 Å². The van der Waals surface area contributed by atoms with Gasteiger partial charge < -0.3 is 11.1 Å². The van der Waals surface area contributed by atoms with Gasteiger partial charge in [0.05, 0.1) is 16.1 Å². The maximum Gasteiger partial charge on any atom is 0.237 e. The average Bonchev–Trinajstić information content (AvgIpc) is 2.37. The second-order valence-electron chi connectivity index (χ2n) is 4.36. The number of benzene rings is 1. The lowest BCUT2D eigenvalue weighted by Crippen LogP contribution is -2.45. The number of anilines is 1. The van der Waals surface area contributed by atoms with Gasteiger partial charge in [-0.1, -0.05) is 26.1 Å². The Morgan fingerprint density at radius 2 is 1.85 bits per heavy atom. The fourth-order valence-corrected chi connectivity index (χ4v) is 2.30. The number of hydrogen-bond donors (Lipinski definition) is 2. The van der Waals surface area contributed by atoms with E-state index in [2.05, 4.69) is 5.32 Å². The van der Waals surface area contributed by atoms with Gasteiger partial charge in [-0.3, -0.25) is 4.79 Å². The molecule has 0 fully saturated rings. The van der Waals surface area contributed by atoms with Gasteiger partial charge in [0.1, 0.15) is 5.82 Å². The van der Waals surface area contributed by atoms with Crippen molar-refractivity contribution >= 4 is 28.8 Å². The quantitative estimate of drug-likeness (QED) is 0.649. The highest BCUT2D eigenvalue weighted by atomic mass is 32.1. The Labute approximate surface area is 120 Å². The molecule has 0 spiro atoms. The van der Waals surface area contributed by atoms with Crippen molar-refractivity contribution in [2.24, 2.45) is 11.1 Å². The van der Waals surface area contributed by atoms with Crippen molar-refractivity contribution in [2.75, 3.05) is 5.32 Å². The van der Waals surface area contributed by atoms with Crippen molar-refractivity contribution in [3.63, 3.8) is 0 Å². The van der Waals surface area contributed by atoms with E-state index >= 15 is 0 Å². The van der Waals surface area contributed by atoms with Crippen molar-refractivity contribution in [3.05, 3.63) is 29.6 Å². The molecule has 0 aromatic heterocycles.